The molecule has 1 aromatic heterocycles. The summed E-state index contributed by atoms with van der Waals surface area (Å²) in [4.78, 5) is 48.2. The lowest BCUT2D eigenvalue weighted by molar-refractivity contribution is -0.385. The summed E-state index contributed by atoms with van der Waals surface area (Å²) in [6, 6.07) is 5.40. The van der Waals surface area contributed by atoms with Gasteiger partial charge in [-0.2, -0.15) is 0 Å². The second-order valence-corrected chi connectivity index (χ2v) is 7.04. The van der Waals surface area contributed by atoms with Crippen molar-refractivity contribution in [2.45, 2.75) is 6.54 Å². The first-order valence-electron chi connectivity index (χ1n) is 8.38. The van der Waals surface area contributed by atoms with E-state index in [-0.39, 0.29) is 46.8 Å². The van der Waals surface area contributed by atoms with Crippen LogP contribution in [0.25, 0.3) is 6.08 Å². The number of nitrogens with zero attached hydrogens (tertiary/aromatic N) is 2. The number of esters is 1. The van der Waals surface area contributed by atoms with E-state index in [2.05, 4.69) is 4.74 Å². The number of furan rings is 1. The molecule has 0 unspecified atom stereocenters. The first kappa shape index (κ1) is 19.5. The number of amides is 2. The van der Waals surface area contributed by atoms with Crippen LogP contribution in [0.3, 0.4) is 0 Å². The van der Waals surface area contributed by atoms with Gasteiger partial charge in [0.2, 0.25) is 12.6 Å². The standard InChI is InChI=1S/C18H12N2O9S/c1-26-17(22)12-3-2-10(29-12)7-19-16(21)15(30-18(19)23)5-9-4-13-14(28-8-27-13)6-11(9)20(24)25/h2-6H,7-8H2,1H3. The lowest BCUT2D eigenvalue weighted by Crippen LogP contribution is -2.27. The molecule has 0 spiro atoms. The number of methoxy groups -OCH3 is 1. The van der Waals surface area contributed by atoms with Crippen LogP contribution in [-0.2, 0) is 16.1 Å². The Morgan fingerprint density at radius 2 is 2.03 bits per heavy atom. The molecule has 1 aromatic carbocycles. The van der Waals surface area contributed by atoms with Gasteiger partial charge in [-0.1, -0.05) is 0 Å². The Kier molecular flexibility index (Phi) is 4.91. The molecule has 1 fully saturated rings. The molecule has 0 bridgehead atoms. The smallest absolute Gasteiger partial charge is 0.373 e. The summed E-state index contributed by atoms with van der Waals surface area (Å²) in [5.74, 6) is -0.666. The number of rotatable bonds is 5. The number of imide groups is 1. The number of hydrogen-bond acceptors (Lipinski definition) is 10. The maximum Gasteiger partial charge on any atom is 0.373 e. The van der Waals surface area contributed by atoms with Crippen molar-refractivity contribution < 1.29 is 37.9 Å². The summed E-state index contributed by atoms with van der Waals surface area (Å²) in [6.45, 7) is -0.272. The Labute approximate surface area is 172 Å². The molecule has 2 amide bonds. The van der Waals surface area contributed by atoms with Crippen LogP contribution in [0.2, 0.25) is 0 Å². The number of carbonyl (C=O) groups is 3. The average molecular weight is 432 g/mol. The quantitative estimate of drug-likeness (QED) is 0.300. The molecule has 4 rings (SSSR count). The molecule has 0 atom stereocenters. The third-order valence-electron chi connectivity index (χ3n) is 4.24. The van der Waals surface area contributed by atoms with Crippen LogP contribution in [-0.4, -0.2) is 40.8 Å². The van der Waals surface area contributed by atoms with Gasteiger partial charge in [-0.15, -0.1) is 0 Å². The Hall–Kier alpha value is -3.80. The van der Waals surface area contributed by atoms with Gasteiger partial charge in [0.15, 0.2) is 11.5 Å². The van der Waals surface area contributed by atoms with Crippen LogP contribution >= 0.6 is 11.8 Å². The highest BCUT2D eigenvalue weighted by atomic mass is 32.2. The molecule has 0 radical (unpaired) electrons. The second-order valence-electron chi connectivity index (χ2n) is 6.05. The highest BCUT2D eigenvalue weighted by molar-refractivity contribution is 8.18. The summed E-state index contributed by atoms with van der Waals surface area (Å²) in [7, 11) is 1.20. The van der Waals surface area contributed by atoms with Crippen molar-refractivity contribution in [3.63, 3.8) is 0 Å². The summed E-state index contributed by atoms with van der Waals surface area (Å²) in [6.07, 6.45) is 1.26. The van der Waals surface area contributed by atoms with Crippen molar-refractivity contribution in [3.8, 4) is 11.5 Å². The number of hydrogen-bond donors (Lipinski definition) is 0. The van der Waals surface area contributed by atoms with Gasteiger partial charge in [0.05, 0.1) is 35.1 Å². The molecule has 0 aliphatic carbocycles. The lowest BCUT2D eigenvalue weighted by Gasteiger charge is -2.09. The van der Waals surface area contributed by atoms with Crippen molar-refractivity contribution in [3.05, 3.63) is 56.4 Å². The van der Waals surface area contributed by atoms with Gasteiger partial charge in [0, 0.05) is 0 Å². The van der Waals surface area contributed by atoms with Gasteiger partial charge in [-0.05, 0) is 36.0 Å². The summed E-state index contributed by atoms with van der Waals surface area (Å²) in [5.41, 5.74) is -0.194. The highest BCUT2D eigenvalue weighted by Crippen LogP contribution is 2.41. The number of carbonyl (C=O) groups excluding carboxylic acids is 3. The van der Waals surface area contributed by atoms with Gasteiger partial charge in [-0.3, -0.25) is 24.6 Å². The van der Waals surface area contributed by atoms with E-state index in [0.717, 1.165) is 4.90 Å². The first-order chi connectivity index (χ1) is 14.4. The lowest BCUT2D eigenvalue weighted by atomic mass is 10.1. The number of nitro groups is 1. The zero-order valence-corrected chi connectivity index (χ0v) is 16.1. The Morgan fingerprint density at radius 3 is 2.73 bits per heavy atom. The normalized spacial score (nSPS) is 16.4. The summed E-state index contributed by atoms with van der Waals surface area (Å²) < 4.78 is 20.2. The van der Waals surface area contributed by atoms with Crippen molar-refractivity contribution in [2.75, 3.05) is 13.9 Å². The number of ether oxygens (including phenoxy) is 3. The minimum Gasteiger partial charge on any atom is -0.463 e. The molecule has 11 nitrogen and oxygen atoms in total. The molecule has 3 heterocycles. The molecule has 0 saturated carbocycles. The highest BCUT2D eigenvalue weighted by Gasteiger charge is 2.36. The third kappa shape index (κ3) is 3.48. The number of benzene rings is 1. The molecule has 0 N–H and O–H groups in total. The zero-order valence-electron chi connectivity index (χ0n) is 15.3. The maximum absolute atomic E-state index is 12.7. The van der Waals surface area contributed by atoms with Crippen molar-refractivity contribution in [2.24, 2.45) is 0 Å². The fourth-order valence-electron chi connectivity index (χ4n) is 2.83. The molecule has 1 saturated heterocycles. The fourth-order valence-corrected chi connectivity index (χ4v) is 3.66. The average Bonchev–Trinajstić information content (AvgIpc) is 3.43. The van der Waals surface area contributed by atoms with Gasteiger partial charge in [0.25, 0.3) is 16.8 Å². The van der Waals surface area contributed by atoms with E-state index < -0.39 is 22.0 Å². The molecule has 30 heavy (non-hydrogen) atoms. The number of fused-ring (bicyclic) bond motifs is 1. The molecular formula is C18H12N2O9S. The topological polar surface area (TPSA) is 138 Å². The largest absolute Gasteiger partial charge is 0.463 e. The van der Waals surface area contributed by atoms with E-state index in [4.69, 9.17) is 13.9 Å². The predicted octanol–water partition coefficient (Wildman–Crippen LogP) is 2.94. The summed E-state index contributed by atoms with van der Waals surface area (Å²) in [5, 5.41) is 10.8. The van der Waals surface area contributed by atoms with E-state index >= 15 is 0 Å². The monoisotopic (exact) mass is 432 g/mol. The van der Waals surface area contributed by atoms with Crippen LogP contribution in [0.1, 0.15) is 21.9 Å². The summed E-state index contributed by atoms with van der Waals surface area (Å²) >= 11 is 0.638. The Bertz CT molecular complexity index is 1120. The Morgan fingerprint density at radius 1 is 1.30 bits per heavy atom. The number of thioether (sulfide) groups is 1. The molecule has 12 heteroatoms. The second kappa shape index (κ2) is 7.55. The van der Waals surface area contributed by atoms with E-state index in [1.807, 2.05) is 0 Å². The molecule has 154 valence electrons. The van der Waals surface area contributed by atoms with Gasteiger partial charge in [0.1, 0.15) is 5.76 Å². The minimum absolute atomic E-state index is 0.00159. The van der Waals surface area contributed by atoms with Crippen molar-refractivity contribution in [1.29, 1.82) is 0 Å². The van der Waals surface area contributed by atoms with Crippen molar-refractivity contribution >= 4 is 40.6 Å². The van der Waals surface area contributed by atoms with Crippen LogP contribution in [0.5, 0.6) is 11.5 Å². The molecule has 2 aromatic rings. The van der Waals surface area contributed by atoms with E-state index in [0.29, 0.717) is 17.5 Å². The SMILES string of the molecule is COC(=O)c1ccc(CN2C(=O)SC(=Cc3cc4c(cc3[N+](=O)[O-])OCO4)C2=O)o1. The minimum atomic E-state index is -0.689. The van der Waals surface area contributed by atoms with Gasteiger partial charge < -0.3 is 18.6 Å². The zero-order chi connectivity index (χ0) is 21.4. The van der Waals surface area contributed by atoms with Crippen molar-refractivity contribution in [1.82, 2.24) is 4.90 Å². The number of nitro benzene ring substituents is 1. The van der Waals surface area contributed by atoms with Crippen LogP contribution in [0.15, 0.2) is 33.6 Å². The Balaban J connectivity index is 1.60. The molecular weight excluding hydrogens is 420 g/mol. The van der Waals surface area contributed by atoms with Crippen LogP contribution in [0.4, 0.5) is 10.5 Å². The third-order valence-corrected chi connectivity index (χ3v) is 5.15. The van der Waals surface area contributed by atoms with E-state index in [1.165, 1.54) is 37.5 Å². The fraction of sp³-hybridized carbons (Fsp3) is 0.167. The maximum atomic E-state index is 12.7. The van der Waals surface area contributed by atoms with Crippen LogP contribution in [0, 0.1) is 10.1 Å². The van der Waals surface area contributed by atoms with E-state index in [1.54, 1.807) is 0 Å². The predicted molar refractivity (Wildman–Crippen MR) is 101 cm³/mol. The molecule has 2 aliphatic heterocycles. The van der Waals surface area contributed by atoms with Crippen LogP contribution < -0.4 is 9.47 Å². The van der Waals surface area contributed by atoms with Gasteiger partial charge in [-0.25, -0.2) is 4.79 Å². The molecule has 2 aliphatic rings. The first-order valence-corrected chi connectivity index (χ1v) is 9.19. The van der Waals surface area contributed by atoms with E-state index in [9.17, 15) is 24.5 Å². The van der Waals surface area contributed by atoms with Gasteiger partial charge >= 0.3 is 5.97 Å².